The van der Waals surface area contributed by atoms with Crippen LogP contribution in [0.15, 0.2) is 23.1 Å². The van der Waals surface area contributed by atoms with Crippen LogP contribution < -0.4 is 15.2 Å². The lowest BCUT2D eigenvalue weighted by atomic mass is 10.1. The van der Waals surface area contributed by atoms with Crippen LogP contribution in [0.3, 0.4) is 0 Å². The second-order valence-electron chi connectivity index (χ2n) is 5.10. The van der Waals surface area contributed by atoms with Crippen LogP contribution in [0, 0.1) is 5.92 Å². The van der Waals surface area contributed by atoms with Crippen molar-refractivity contribution in [3.8, 4) is 5.75 Å². The highest BCUT2D eigenvalue weighted by Crippen LogP contribution is 2.28. The van der Waals surface area contributed by atoms with Crippen LogP contribution in [0.25, 0.3) is 0 Å². The molecule has 4 N–H and O–H groups in total. The minimum absolute atomic E-state index is 0.0766. The molecule has 2 unspecified atom stereocenters. The van der Waals surface area contributed by atoms with E-state index in [-0.39, 0.29) is 22.7 Å². The molecule has 0 bridgehead atoms. The molecule has 0 aromatic heterocycles. The lowest BCUT2D eigenvalue weighted by Crippen LogP contribution is -2.29. The molecular weight excluding hydrogens is 280 g/mol. The van der Waals surface area contributed by atoms with Gasteiger partial charge in [-0.3, -0.25) is 0 Å². The Bertz CT molecular complexity index is 574. The Labute approximate surface area is 119 Å². The highest BCUT2D eigenvalue weighted by molar-refractivity contribution is 7.89. The van der Waals surface area contributed by atoms with Gasteiger partial charge in [0.1, 0.15) is 10.6 Å². The van der Waals surface area contributed by atoms with E-state index in [9.17, 15) is 13.5 Å². The van der Waals surface area contributed by atoms with Gasteiger partial charge >= 0.3 is 0 Å². The summed E-state index contributed by atoms with van der Waals surface area (Å²) in [5.41, 5.74) is 6.06. The Morgan fingerprint density at radius 2 is 2.20 bits per heavy atom. The topological polar surface area (TPSA) is 102 Å². The fraction of sp³-hybridized carbons (Fsp3) is 0.538. The first-order valence-corrected chi connectivity index (χ1v) is 8.02. The molecule has 0 amide bonds. The van der Waals surface area contributed by atoms with E-state index in [0.29, 0.717) is 18.7 Å². The molecule has 20 heavy (non-hydrogen) atoms. The lowest BCUT2D eigenvalue weighted by Gasteiger charge is -2.14. The fourth-order valence-electron chi connectivity index (χ4n) is 2.45. The Kier molecular flexibility index (Phi) is 4.52. The van der Waals surface area contributed by atoms with Crippen molar-refractivity contribution in [3.05, 3.63) is 18.2 Å². The number of benzene rings is 1. The number of aliphatic hydroxyl groups excluding tert-OH is 1. The number of sulfonamides is 1. The quantitative estimate of drug-likeness (QED) is 0.695. The van der Waals surface area contributed by atoms with E-state index in [4.69, 9.17) is 10.5 Å². The number of rotatable bonds is 5. The first kappa shape index (κ1) is 15.1. The molecule has 2 atom stereocenters. The smallest absolute Gasteiger partial charge is 0.244 e. The molecule has 0 spiro atoms. The molecule has 6 nitrogen and oxygen atoms in total. The maximum absolute atomic E-state index is 12.3. The number of anilines is 1. The third-order valence-electron chi connectivity index (χ3n) is 3.55. The van der Waals surface area contributed by atoms with Crippen molar-refractivity contribution in [2.24, 2.45) is 5.92 Å². The van der Waals surface area contributed by atoms with Crippen molar-refractivity contribution in [1.82, 2.24) is 4.72 Å². The first-order valence-electron chi connectivity index (χ1n) is 6.53. The van der Waals surface area contributed by atoms with Gasteiger partial charge in [-0.25, -0.2) is 13.1 Å². The number of ether oxygens (including phenoxy) is 1. The van der Waals surface area contributed by atoms with E-state index < -0.39 is 10.0 Å². The predicted octanol–water partition coefficient (Wildman–Crippen LogP) is 0.717. The average Bonchev–Trinajstić information content (AvgIpc) is 2.82. The van der Waals surface area contributed by atoms with E-state index in [1.807, 2.05) is 0 Å². The van der Waals surface area contributed by atoms with E-state index >= 15 is 0 Å². The molecule has 1 saturated carbocycles. The Hall–Kier alpha value is -1.31. The number of aliphatic hydroxyl groups is 1. The normalized spacial score (nSPS) is 22.9. The fourth-order valence-corrected chi connectivity index (χ4v) is 3.71. The largest absolute Gasteiger partial charge is 0.495 e. The van der Waals surface area contributed by atoms with Crippen molar-refractivity contribution in [2.45, 2.75) is 30.3 Å². The summed E-state index contributed by atoms with van der Waals surface area (Å²) in [5, 5.41) is 9.45. The third-order valence-corrected chi connectivity index (χ3v) is 5.02. The monoisotopic (exact) mass is 300 g/mol. The molecule has 1 aromatic rings. The Morgan fingerprint density at radius 3 is 2.80 bits per heavy atom. The van der Waals surface area contributed by atoms with Gasteiger partial charge < -0.3 is 15.6 Å². The highest BCUT2D eigenvalue weighted by Gasteiger charge is 2.26. The molecule has 2 rings (SSSR count). The van der Waals surface area contributed by atoms with Gasteiger partial charge in [0, 0.05) is 18.3 Å². The standard InChI is InChI=1S/C13H20N2O4S/c1-19-12-7-10(14)3-5-13(12)20(17,18)15-8-9-2-4-11(16)6-9/h3,5,7,9,11,15-16H,2,4,6,8,14H2,1H3. The maximum atomic E-state index is 12.3. The van der Waals surface area contributed by atoms with Crippen LogP contribution in [0.1, 0.15) is 19.3 Å². The van der Waals surface area contributed by atoms with Crippen LogP contribution in [0.2, 0.25) is 0 Å². The number of nitrogen functional groups attached to an aromatic ring is 1. The molecule has 0 radical (unpaired) electrons. The van der Waals surface area contributed by atoms with Crippen molar-refractivity contribution < 1.29 is 18.3 Å². The molecule has 0 aliphatic heterocycles. The summed E-state index contributed by atoms with van der Waals surface area (Å²) in [5.74, 6) is 0.406. The van der Waals surface area contributed by atoms with Crippen LogP contribution in [-0.2, 0) is 10.0 Å². The second-order valence-corrected chi connectivity index (χ2v) is 6.83. The highest BCUT2D eigenvalue weighted by atomic mass is 32.2. The van der Waals surface area contributed by atoms with Gasteiger partial charge in [-0.15, -0.1) is 0 Å². The summed E-state index contributed by atoms with van der Waals surface area (Å²) in [6.07, 6.45) is 1.90. The number of hydrogen-bond donors (Lipinski definition) is 3. The lowest BCUT2D eigenvalue weighted by molar-refractivity contribution is 0.178. The zero-order chi connectivity index (χ0) is 14.8. The van der Waals surface area contributed by atoms with Crippen LogP contribution in [0.4, 0.5) is 5.69 Å². The summed E-state index contributed by atoms with van der Waals surface area (Å²) >= 11 is 0. The molecule has 1 fully saturated rings. The minimum Gasteiger partial charge on any atom is -0.495 e. The van der Waals surface area contributed by atoms with Crippen LogP contribution >= 0.6 is 0 Å². The van der Waals surface area contributed by atoms with E-state index in [0.717, 1.165) is 12.8 Å². The predicted molar refractivity (Wildman–Crippen MR) is 75.9 cm³/mol. The zero-order valence-corrected chi connectivity index (χ0v) is 12.2. The molecule has 1 aliphatic rings. The van der Waals surface area contributed by atoms with E-state index in [1.165, 1.54) is 25.3 Å². The van der Waals surface area contributed by atoms with Gasteiger partial charge in [-0.05, 0) is 37.3 Å². The molecule has 1 aliphatic carbocycles. The van der Waals surface area contributed by atoms with Crippen molar-refractivity contribution in [3.63, 3.8) is 0 Å². The minimum atomic E-state index is -3.64. The van der Waals surface area contributed by atoms with Gasteiger partial charge in [0.25, 0.3) is 0 Å². The summed E-state index contributed by atoms with van der Waals surface area (Å²) in [7, 11) is -2.23. The summed E-state index contributed by atoms with van der Waals surface area (Å²) in [6, 6.07) is 4.43. The van der Waals surface area contributed by atoms with Crippen molar-refractivity contribution >= 4 is 15.7 Å². The average molecular weight is 300 g/mol. The Morgan fingerprint density at radius 1 is 1.45 bits per heavy atom. The molecule has 7 heteroatoms. The van der Waals surface area contributed by atoms with Crippen molar-refractivity contribution in [1.29, 1.82) is 0 Å². The van der Waals surface area contributed by atoms with E-state index in [2.05, 4.69) is 4.72 Å². The molecule has 1 aromatic carbocycles. The van der Waals surface area contributed by atoms with Crippen LogP contribution in [-0.4, -0.2) is 33.3 Å². The summed E-state index contributed by atoms with van der Waals surface area (Å²) < 4.78 is 32.2. The van der Waals surface area contributed by atoms with Gasteiger partial charge in [0.15, 0.2) is 0 Å². The molecular formula is C13H20N2O4S. The summed E-state index contributed by atoms with van der Waals surface area (Å²) in [4.78, 5) is 0.0766. The number of nitrogens with two attached hydrogens (primary N) is 1. The zero-order valence-electron chi connectivity index (χ0n) is 11.4. The second kappa shape index (κ2) is 5.99. The SMILES string of the molecule is COc1cc(N)ccc1S(=O)(=O)NCC1CCC(O)C1. The molecule has 0 saturated heterocycles. The summed E-state index contributed by atoms with van der Waals surface area (Å²) in [6.45, 7) is 0.326. The Balaban J connectivity index is 2.10. The van der Waals surface area contributed by atoms with Gasteiger partial charge in [0.2, 0.25) is 10.0 Å². The number of hydrogen-bond acceptors (Lipinski definition) is 5. The maximum Gasteiger partial charge on any atom is 0.244 e. The number of nitrogens with one attached hydrogen (secondary N) is 1. The molecule has 0 heterocycles. The van der Waals surface area contributed by atoms with Gasteiger partial charge in [-0.1, -0.05) is 0 Å². The van der Waals surface area contributed by atoms with Crippen molar-refractivity contribution in [2.75, 3.05) is 19.4 Å². The third kappa shape index (κ3) is 3.41. The van der Waals surface area contributed by atoms with Crippen LogP contribution in [0.5, 0.6) is 5.75 Å². The van der Waals surface area contributed by atoms with Gasteiger partial charge in [-0.2, -0.15) is 0 Å². The van der Waals surface area contributed by atoms with E-state index in [1.54, 1.807) is 0 Å². The number of methoxy groups -OCH3 is 1. The van der Waals surface area contributed by atoms with Gasteiger partial charge in [0.05, 0.1) is 13.2 Å². The molecule has 112 valence electrons. The first-order chi connectivity index (χ1) is 9.42.